The average Bonchev–Trinajstić information content (AvgIpc) is 3.47. The van der Waals surface area contributed by atoms with Gasteiger partial charge in [0.15, 0.2) is 11.5 Å². The van der Waals surface area contributed by atoms with E-state index in [1.54, 1.807) is 25.3 Å². The predicted octanol–water partition coefficient (Wildman–Crippen LogP) is 7.56. The summed E-state index contributed by atoms with van der Waals surface area (Å²) < 4.78 is 48.7. The summed E-state index contributed by atoms with van der Waals surface area (Å²) >= 11 is 0. The number of pyridine rings is 1. The summed E-state index contributed by atoms with van der Waals surface area (Å²) in [6, 6.07) is 31.6. The van der Waals surface area contributed by atoms with Gasteiger partial charge in [-0.2, -0.15) is 0 Å². The molecule has 202 valence electrons. The van der Waals surface area contributed by atoms with E-state index in [4.69, 9.17) is 32.8 Å². The molecule has 5 aromatic rings. The summed E-state index contributed by atoms with van der Waals surface area (Å²) in [5.41, 5.74) is 3.59. The Hall–Kier alpha value is -4.36. The summed E-state index contributed by atoms with van der Waals surface area (Å²) in [6.45, 7) is 0.166. The molecule has 0 unspecified atom stereocenters. The van der Waals surface area contributed by atoms with Gasteiger partial charge in [-0.25, -0.2) is 9.55 Å². The van der Waals surface area contributed by atoms with Gasteiger partial charge in [0, 0.05) is 23.1 Å². The number of phosphoric acid groups is 1. The molecular formula is C31H26NO7P. The molecule has 0 saturated carbocycles. The standard InChI is InChI=1S/C31H26NO7P/c1-34-25-14-8-13-24(15-25)27-17-29(26-16-30-31(36-21-35-30)18-28(26)32-27)39-40(33,37-19-22-9-4-2-5-10-22)38-20-23-11-6-3-7-12-23/h2-18H,19-21H2,1H3. The Morgan fingerprint density at radius 3 is 2.08 bits per heavy atom. The van der Waals surface area contributed by atoms with Gasteiger partial charge in [-0.05, 0) is 29.3 Å². The van der Waals surface area contributed by atoms with Crippen molar-refractivity contribution in [1.29, 1.82) is 0 Å². The third-order valence-corrected chi connectivity index (χ3v) is 7.62. The lowest BCUT2D eigenvalue weighted by Gasteiger charge is -2.20. The van der Waals surface area contributed by atoms with E-state index in [0.717, 1.165) is 16.7 Å². The lowest BCUT2D eigenvalue weighted by Crippen LogP contribution is -2.04. The predicted molar refractivity (Wildman–Crippen MR) is 151 cm³/mol. The summed E-state index contributed by atoms with van der Waals surface area (Å²) in [4.78, 5) is 4.83. The molecule has 40 heavy (non-hydrogen) atoms. The summed E-state index contributed by atoms with van der Waals surface area (Å²) in [5, 5.41) is 0.572. The van der Waals surface area contributed by atoms with Crippen LogP contribution in [0.3, 0.4) is 0 Å². The highest BCUT2D eigenvalue weighted by Gasteiger charge is 2.31. The van der Waals surface area contributed by atoms with Crippen LogP contribution in [-0.2, 0) is 26.8 Å². The molecule has 0 radical (unpaired) electrons. The maximum Gasteiger partial charge on any atom is 0.530 e. The largest absolute Gasteiger partial charge is 0.530 e. The zero-order valence-electron chi connectivity index (χ0n) is 21.7. The Labute approximate surface area is 231 Å². The Morgan fingerprint density at radius 2 is 1.43 bits per heavy atom. The van der Waals surface area contributed by atoms with Crippen LogP contribution in [0.2, 0.25) is 0 Å². The molecule has 0 aliphatic carbocycles. The number of benzene rings is 4. The van der Waals surface area contributed by atoms with Crippen molar-refractivity contribution in [2.24, 2.45) is 0 Å². The lowest BCUT2D eigenvalue weighted by molar-refractivity contribution is 0.143. The normalized spacial score (nSPS) is 12.4. The van der Waals surface area contributed by atoms with Gasteiger partial charge in [0.2, 0.25) is 6.79 Å². The molecule has 0 N–H and O–H groups in total. The van der Waals surface area contributed by atoms with Crippen LogP contribution in [0.5, 0.6) is 23.0 Å². The first-order chi connectivity index (χ1) is 19.6. The SMILES string of the molecule is COc1cccc(-c2cc(OP(=O)(OCc3ccccc3)OCc3ccccc3)c3cc4c(cc3n2)OCO4)c1. The Kier molecular flexibility index (Phi) is 7.38. The van der Waals surface area contributed by atoms with Crippen LogP contribution in [-0.4, -0.2) is 18.9 Å². The topological polar surface area (TPSA) is 85.3 Å². The van der Waals surface area contributed by atoms with E-state index in [9.17, 15) is 4.57 Å². The fourth-order valence-electron chi connectivity index (χ4n) is 4.26. The van der Waals surface area contributed by atoms with E-state index in [2.05, 4.69) is 0 Å². The third kappa shape index (κ3) is 5.80. The average molecular weight is 556 g/mol. The minimum absolute atomic E-state index is 0.0328. The van der Waals surface area contributed by atoms with E-state index in [1.165, 1.54) is 0 Å². The molecule has 0 spiro atoms. The first-order valence-electron chi connectivity index (χ1n) is 12.6. The summed E-state index contributed by atoms with van der Waals surface area (Å²) in [5.74, 6) is 2.05. The van der Waals surface area contributed by atoms with Crippen LogP contribution in [0.1, 0.15) is 11.1 Å². The highest BCUT2D eigenvalue weighted by Crippen LogP contribution is 2.53. The minimum atomic E-state index is -4.15. The van der Waals surface area contributed by atoms with Gasteiger partial charge in [-0.1, -0.05) is 72.8 Å². The highest BCUT2D eigenvalue weighted by atomic mass is 31.2. The van der Waals surface area contributed by atoms with Crippen molar-refractivity contribution in [3.8, 4) is 34.3 Å². The smallest absolute Gasteiger partial charge is 0.497 e. The van der Waals surface area contributed by atoms with Crippen molar-refractivity contribution in [1.82, 2.24) is 4.98 Å². The van der Waals surface area contributed by atoms with E-state index < -0.39 is 7.82 Å². The molecular weight excluding hydrogens is 529 g/mol. The zero-order valence-corrected chi connectivity index (χ0v) is 22.6. The fraction of sp³-hybridized carbons (Fsp3) is 0.129. The Morgan fingerprint density at radius 1 is 0.775 bits per heavy atom. The number of methoxy groups -OCH3 is 1. The van der Waals surface area contributed by atoms with Crippen molar-refractivity contribution in [3.05, 3.63) is 114 Å². The van der Waals surface area contributed by atoms with Crippen molar-refractivity contribution in [3.63, 3.8) is 0 Å². The van der Waals surface area contributed by atoms with Crippen LogP contribution >= 0.6 is 7.82 Å². The molecule has 0 atom stereocenters. The second-order valence-electron chi connectivity index (χ2n) is 9.02. The molecule has 1 aliphatic heterocycles. The minimum Gasteiger partial charge on any atom is -0.497 e. The van der Waals surface area contributed by atoms with Crippen molar-refractivity contribution in [2.45, 2.75) is 13.2 Å². The molecule has 4 aromatic carbocycles. The number of fused-ring (bicyclic) bond motifs is 2. The lowest BCUT2D eigenvalue weighted by atomic mass is 10.1. The number of hydrogen-bond donors (Lipinski definition) is 0. The van der Waals surface area contributed by atoms with Gasteiger partial charge >= 0.3 is 7.82 Å². The Bertz CT molecular complexity index is 1630. The molecule has 8 nitrogen and oxygen atoms in total. The van der Waals surface area contributed by atoms with Gasteiger partial charge in [0.1, 0.15) is 11.5 Å². The van der Waals surface area contributed by atoms with Crippen LogP contribution in [0, 0.1) is 0 Å². The summed E-state index contributed by atoms with van der Waals surface area (Å²) in [6.07, 6.45) is 0. The van der Waals surface area contributed by atoms with Crippen molar-refractivity contribution >= 4 is 18.7 Å². The first kappa shape index (κ1) is 25.9. The number of hydrogen-bond acceptors (Lipinski definition) is 8. The van der Waals surface area contributed by atoms with Crippen LogP contribution < -0.4 is 18.7 Å². The molecule has 1 aliphatic rings. The molecule has 0 fully saturated rings. The quantitative estimate of drug-likeness (QED) is 0.163. The van der Waals surface area contributed by atoms with Gasteiger partial charge < -0.3 is 18.7 Å². The highest BCUT2D eigenvalue weighted by molar-refractivity contribution is 7.48. The van der Waals surface area contributed by atoms with Crippen LogP contribution in [0.15, 0.2) is 103 Å². The van der Waals surface area contributed by atoms with Gasteiger partial charge in [0.05, 0.1) is 31.5 Å². The fourth-order valence-corrected chi connectivity index (χ4v) is 5.44. The number of rotatable bonds is 10. The van der Waals surface area contributed by atoms with E-state index in [-0.39, 0.29) is 25.8 Å². The molecule has 0 saturated heterocycles. The van der Waals surface area contributed by atoms with Crippen molar-refractivity contribution < 1.29 is 32.3 Å². The Balaban J connectivity index is 1.41. The monoisotopic (exact) mass is 555 g/mol. The first-order valence-corrected chi connectivity index (χ1v) is 14.1. The second kappa shape index (κ2) is 11.4. The van der Waals surface area contributed by atoms with E-state index in [0.29, 0.717) is 33.8 Å². The molecule has 2 heterocycles. The number of aromatic nitrogens is 1. The van der Waals surface area contributed by atoms with Crippen molar-refractivity contribution in [2.75, 3.05) is 13.9 Å². The van der Waals surface area contributed by atoms with E-state index >= 15 is 0 Å². The molecule has 1 aromatic heterocycles. The molecule has 6 rings (SSSR count). The molecule has 0 amide bonds. The number of ether oxygens (including phenoxy) is 3. The van der Waals surface area contributed by atoms with Crippen LogP contribution in [0.4, 0.5) is 0 Å². The van der Waals surface area contributed by atoms with Gasteiger partial charge in [0.25, 0.3) is 0 Å². The third-order valence-electron chi connectivity index (χ3n) is 6.31. The maximum absolute atomic E-state index is 14.2. The van der Waals surface area contributed by atoms with Crippen LogP contribution in [0.25, 0.3) is 22.2 Å². The van der Waals surface area contributed by atoms with E-state index in [1.807, 2.05) is 84.9 Å². The number of phosphoric ester groups is 1. The molecule has 9 heteroatoms. The maximum atomic E-state index is 14.2. The van der Waals surface area contributed by atoms with Gasteiger partial charge in [-0.15, -0.1) is 0 Å². The number of nitrogens with zero attached hydrogens (tertiary/aromatic N) is 1. The summed E-state index contributed by atoms with van der Waals surface area (Å²) in [7, 11) is -2.54. The second-order valence-corrected chi connectivity index (χ2v) is 10.6. The van der Waals surface area contributed by atoms with Gasteiger partial charge in [-0.3, -0.25) is 9.05 Å². The zero-order chi connectivity index (χ0) is 27.4. The molecule has 0 bridgehead atoms.